The molecule has 140 valence electrons. The maximum atomic E-state index is 12.2. The lowest BCUT2D eigenvalue weighted by molar-refractivity contribution is -0.118. The number of aromatic nitrogens is 3. The van der Waals surface area contributed by atoms with Gasteiger partial charge in [-0.15, -0.1) is 10.2 Å². The van der Waals surface area contributed by atoms with Gasteiger partial charge in [-0.25, -0.2) is 0 Å². The molecule has 3 aromatic carbocycles. The van der Waals surface area contributed by atoms with Crippen molar-refractivity contribution in [3.05, 3.63) is 77.3 Å². The third-order valence-corrected chi connectivity index (χ3v) is 4.30. The van der Waals surface area contributed by atoms with Gasteiger partial charge in [0.05, 0.1) is 5.69 Å². The Kier molecular flexibility index (Phi) is 4.95. The zero-order chi connectivity index (χ0) is 19.5. The second-order valence-corrected chi connectivity index (χ2v) is 6.76. The van der Waals surface area contributed by atoms with Crippen molar-refractivity contribution in [1.29, 1.82) is 0 Å². The molecule has 4 rings (SSSR count). The van der Waals surface area contributed by atoms with Crippen molar-refractivity contribution in [1.82, 2.24) is 15.0 Å². The molecular formula is C21H17ClN4O2. The number of halogens is 1. The molecule has 0 saturated carbocycles. The summed E-state index contributed by atoms with van der Waals surface area (Å²) in [7, 11) is 0. The lowest BCUT2D eigenvalue weighted by Gasteiger charge is -2.08. The molecule has 0 aliphatic rings. The Morgan fingerprint density at radius 3 is 2.68 bits per heavy atom. The van der Waals surface area contributed by atoms with Gasteiger partial charge in [-0.3, -0.25) is 4.79 Å². The molecule has 7 heteroatoms. The van der Waals surface area contributed by atoms with Gasteiger partial charge in [0.25, 0.3) is 5.91 Å². The quantitative estimate of drug-likeness (QED) is 0.546. The van der Waals surface area contributed by atoms with E-state index in [9.17, 15) is 4.79 Å². The summed E-state index contributed by atoms with van der Waals surface area (Å²) in [6.45, 7) is 1.90. The van der Waals surface area contributed by atoms with Gasteiger partial charge in [0, 0.05) is 10.7 Å². The number of fused-ring (bicyclic) bond motifs is 1. The van der Waals surface area contributed by atoms with E-state index in [1.54, 1.807) is 30.3 Å². The van der Waals surface area contributed by atoms with E-state index in [0.717, 1.165) is 11.3 Å². The van der Waals surface area contributed by atoms with Gasteiger partial charge in [0.1, 0.15) is 16.8 Å². The fraction of sp³-hybridized carbons (Fsp3) is 0.0952. The molecule has 1 amide bonds. The fourth-order valence-electron chi connectivity index (χ4n) is 2.76. The molecule has 0 radical (unpaired) electrons. The Balaban J connectivity index is 1.46. The summed E-state index contributed by atoms with van der Waals surface area (Å²) >= 11 is 6.03. The van der Waals surface area contributed by atoms with Crippen molar-refractivity contribution in [3.63, 3.8) is 0 Å². The number of hydrogen-bond donors (Lipinski definition) is 1. The molecule has 0 atom stereocenters. The molecule has 0 unspecified atom stereocenters. The van der Waals surface area contributed by atoms with Gasteiger partial charge >= 0.3 is 0 Å². The predicted molar refractivity (Wildman–Crippen MR) is 109 cm³/mol. The molecule has 0 fully saturated rings. The maximum Gasteiger partial charge on any atom is 0.262 e. The van der Waals surface area contributed by atoms with Crippen LogP contribution in [0.2, 0.25) is 5.02 Å². The lowest BCUT2D eigenvalue weighted by Crippen LogP contribution is -2.20. The van der Waals surface area contributed by atoms with Crippen molar-refractivity contribution in [3.8, 4) is 11.4 Å². The third kappa shape index (κ3) is 4.13. The van der Waals surface area contributed by atoms with Crippen LogP contribution < -0.4 is 10.1 Å². The molecule has 28 heavy (non-hydrogen) atoms. The number of nitrogens with zero attached hydrogens (tertiary/aromatic N) is 3. The molecule has 6 nitrogen and oxygen atoms in total. The Hall–Kier alpha value is -3.38. The Morgan fingerprint density at radius 1 is 1.04 bits per heavy atom. The second-order valence-electron chi connectivity index (χ2n) is 6.33. The van der Waals surface area contributed by atoms with Crippen molar-refractivity contribution >= 4 is 34.2 Å². The Bertz CT molecular complexity index is 1160. The number of anilines is 1. The lowest BCUT2D eigenvalue weighted by atomic mass is 10.2. The van der Waals surface area contributed by atoms with Gasteiger partial charge in [0.2, 0.25) is 0 Å². The van der Waals surface area contributed by atoms with Crippen LogP contribution in [-0.4, -0.2) is 27.5 Å². The standard InChI is InChI=1S/C21H17ClN4O2/c1-14-4-2-7-18(10-14)28-13-21(27)23-16-8-9-19-20(12-16)25-26(24-19)17-6-3-5-15(22)11-17/h2-12H,13H2,1H3,(H,23,27). The molecule has 1 heterocycles. The van der Waals surface area contributed by atoms with Crippen molar-refractivity contribution in [2.45, 2.75) is 6.92 Å². The summed E-state index contributed by atoms with van der Waals surface area (Å²) < 4.78 is 5.52. The first-order valence-electron chi connectivity index (χ1n) is 8.69. The SMILES string of the molecule is Cc1cccc(OCC(=O)Nc2ccc3nn(-c4cccc(Cl)c4)nc3c2)c1. The van der Waals surface area contributed by atoms with Crippen LogP contribution in [0.3, 0.4) is 0 Å². The first-order valence-corrected chi connectivity index (χ1v) is 9.07. The van der Waals surface area contributed by atoms with E-state index >= 15 is 0 Å². The average molecular weight is 393 g/mol. The van der Waals surface area contributed by atoms with E-state index in [2.05, 4.69) is 15.5 Å². The maximum absolute atomic E-state index is 12.2. The second kappa shape index (κ2) is 7.70. The molecular weight excluding hydrogens is 376 g/mol. The molecule has 0 bridgehead atoms. The monoisotopic (exact) mass is 392 g/mol. The van der Waals surface area contributed by atoms with Crippen LogP contribution in [0.5, 0.6) is 5.75 Å². The smallest absolute Gasteiger partial charge is 0.262 e. The zero-order valence-corrected chi connectivity index (χ0v) is 15.8. The number of amides is 1. The summed E-state index contributed by atoms with van der Waals surface area (Å²) in [5, 5.41) is 12.3. The normalized spacial score (nSPS) is 10.8. The zero-order valence-electron chi connectivity index (χ0n) is 15.1. The van der Waals surface area contributed by atoms with E-state index in [1.165, 1.54) is 4.80 Å². The first kappa shape index (κ1) is 18.0. The van der Waals surface area contributed by atoms with Crippen LogP contribution in [0.4, 0.5) is 5.69 Å². The van der Waals surface area contributed by atoms with Gasteiger partial charge in [-0.1, -0.05) is 29.8 Å². The van der Waals surface area contributed by atoms with Crippen molar-refractivity contribution in [2.75, 3.05) is 11.9 Å². The predicted octanol–water partition coefficient (Wildman–Crippen LogP) is 4.40. The van der Waals surface area contributed by atoms with Crippen molar-refractivity contribution in [2.24, 2.45) is 0 Å². The molecule has 0 aliphatic carbocycles. The van der Waals surface area contributed by atoms with Gasteiger partial charge in [0.15, 0.2) is 6.61 Å². The topological polar surface area (TPSA) is 69.0 Å². The number of nitrogens with one attached hydrogen (secondary N) is 1. The molecule has 0 saturated heterocycles. The number of carbonyl (C=O) groups is 1. The fourth-order valence-corrected chi connectivity index (χ4v) is 2.94. The van der Waals surface area contributed by atoms with Gasteiger partial charge in [-0.2, -0.15) is 4.80 Å². The van der Waals surface area contributed by atoms with E-state index < -0.39 is 0 Å². The minimum absolute atomic E-state index is 0.0727. The van der Waals surface area contributed by atoms with Crippen LogP contribution in [-0.2, 0) is 4.79 Å². The number of carbonyl (C=O) groups excluding carboxylic acids is 1. The molecule has 0 spiro atoms. The van der Waals surface area contributed by atoms with Gasteiger partial charge in [-0.05, 0) is 61.0 Å². The van der Waals surface area contributed by atoms with Gasteiger partial charge < -0.3 is 10.1 Å². The van der Waals surface area contributed by atoms with Crippen LogP contribution in [0.1, 0.15) is 5.56 Å². The summed E-state index contributed by atoms with van der Waals surface area (Å²) in [4.78, 5) is 13.7. The van der Waals surface area contributed by atoms with Crippen LogP contribution >= 0.6 is 11.6 Å². The highest BCUT2D eigenvalue weighted by molar-refractivity contribution is 6.30. The van der Waals surface area contributed by atoms with E-state index in [4.69, 9.17) is 16.3 Å². The average Bonchev–Trinajstić information content (AvgIpc) is 3.10. The Labute approximate surface area is 166 Å². The highest BCUT2D eigenvalue weighted by Gasteiger charge is 2.09. The summed E-state index contributed by atoms with van der Waals surface area (Å²) in [5.41, 5.74) is 3.85. The molecule has 1 N–H and O–H groups in total. The van der Waals surface area contributed by atoms with Crippen molar-refractivity contribution < 1.29 is 9.53 Å². The number of rotatable bonds is 5. The Morgan fingerprint density at radius 2 is 1.86 bits per heavy atom. The summed E-state index contributed by atoms with van der Waals surface area (Å²) in [6, 6.07) is 20.2. The number of hydrogen-bond acceptors (Lipinski definition) is 4. The number of aryl methyl sites for hydroxylation is 1. The van der Waals surface area contributed by atoms with Crippen LogP contribution in [0, 0.1) is 6.92 Å². The van der Waals surface area contributed by atoms with Crippen LogP contribution in [0.25, 0.3) is 16.7 Å². The first-order chi connectivity index (χ1) is 13.6. The molecule has 1 aromatic heterocycles. The highest BCUT2D eigenvalue weighted by atomic mass is 35.5. The minimum Gasteiger partial charge on any atom is -0.484 e. The third-order valence-electron chi connectivity index (χ3n) is 4.06. The largest absolute Gasteiger partial charge is 0.484 e. The van der Waals surface area contributed by atoms with E-state index in [1.807, 2.05) is 43.3 Å². The highest BCUT2D eigenvalue weighted by Crippen LogP contribution is 2.19. The minimum atomic E-state index is -0.247. The van der Waals surface area contributed by atoms with E-state index in [-0.39, 0.29) is 12.5 Å². The summed E-state index contributed by atoms with van der Waals surface area (Å²) in [6.07, 6.45) is 0. The number of ether oxygens (including phenoxy) is 1. The molecule has 4 aromatic rings. The number of benzene rings is 3. The van der Waals surface area contributed by atoms with Crippen LogP contribution in [0.15, 0.2) is 66.7 Å². The summed E-state index contributed by atoms with van der Waals surface area (Å²) in [5.74, 6) is 0.415. The van der Waals surface area contributed by atoms with E-state index in [0.29, 0.717) is 27.5 Å². The molecule has 0 aliphatic heterocycles.